The number of benzene rings is 1. The molecule has 0 aliphatic carbocycles. The van der Waals surface area contributed by atoms with E-state index in [2.05, 4.69) is 43.0 Å². The van der Waals surface area contributed by atoms with Crippen molar-refractivity contribution >= 4 is 5.69 Å². The van der Waals surface area contributed by atoms with Gasteiger partial charge in [-0.1, -0.05) is 32.0 Å². The smallest absolute Gasteiger partial charge is 0.0402 e. The second-order valence-electron chi connectivity index (χ2n) is 5.13. The van der Waals surface area contributed by atoms with Crippen LogP contribution in [0.1, 0.15) is 31.7 Å². The first kappa shape index (κ1) is 11.5. The lowest BCUT2D eigenvalue weighted by Gasteiger charge is -2.22. The van der Waals surface area contributed by atoms with Crippen molar-refractivity contribution in [2.45, 2.75) is 26.2 Å². The SMILES string of the molecule is CC(C)CN1CC(CCN)c2ccccc21. The lowest BCUT2D eigenvalue weighted by atomic mass is 9.98. The van der Waals surface area contributed by atoms with Crippen molar-refractivity contribution in [1.82, 2.24) is 0 Å². The normalized spacial score (nSPS) is 19.2. The number of rotatable bonds is 4. The van der Waals surface area contributed by atoms with Crippen LogP contribution in [0.3, 0.4) is 0 Å². The molecule has 1 atom stereocenters. The van der Waals surface area contributed by atoms with Gasteiger partial charge in [-0.3, -0.25) is 0 Å². The van der Waals surface area contributed by atoms with Gasteiger partial charge in [0.2, 0.25) is 0 Å². The second kappa shape index (κ2) is 4.88. The van der Waals surface area contributed by atoms with Crippen LogP contribution in [-0.2, 0) is 0 Å². The summed E-state index contributed by atoms with van der Waals surface area (Å²) >= 11 is 0. The largest absolute Gasteiger partial charge is 0.370 e. The summed E-state index contributed by atoms with van der Waals surface area (Å²) in [6.45, 7) is 7.64. The van der Waals surface area contributed by atoms with Gasteiger partial charge in [-0.2, -0.15) is 0 Å². The predicted molar refractivity (Wildman–Crippen MR) is 69.9 cm³/mol. The van der Waals surface area contributed by atoms with E-state index in [4.69, 9.17) is 5.73 Å². The van der Waals surface area contributed by atoms with Crippen molar-refractivity contribution in [1.29, 1.82) is 0 Å². The summed E-state index contributed by atoms with van der Waals surface area (Å²) in [5.41, 5.74) is 8.61. The van der Waals surface area contributed by atoms with Gasteiger partial charge in [-0.25, -0.2) is 0 Å². The van der Waals surface area contributed by atoms with Crippen LogP contribution in [-0.4, -0.2) is 19.6 Å². The lowest BCUT2D eigenvalue weighted by Crippen LogP contribution is -2.26. The van der Waals surface area contributed by atoms with Crippen molar-refractivity contribution in [3.63, 3.8) is 0 Å². The molecule has 0 spiro atoms. The van der Waals surface area contributed by atoms with Crippen LogP contribution in [0.25, 0.3) is 0 Å². The molecule has 16 heavy (non-hydrogen) atoms. The number of fused-ring (bicyclic) bond motifs is 1. The molecule has 1 aromatic carbocycles. The van der Waals surface area contributed by atoms with Gasteiger partial charge in [-0.15, -0.1) is 0 Å². The predicted octanol–water partition coefficient (Wildman–Crippen LogP) is 2.60. The summed E-state index contributed by atoms with van der Waals surface area (Å²) in [5.74, 6) is 1.35. The highest BCUT2D eigenvalue weighted by Crippen LogP contribution is 2.37. The Bertz CT molecular complexity index is 346. The summed E-state index contributed by atoms with van der Waals surface area (Å²) in [5, 5.41) is 0. The molecule has 0 fully saturated rings. The molecular weight excluding hydrogens is 196 g/mol. The molecule has 0 bridgehead atoms. The van der Waals surface area contributed by atoms with Crippen molar-refractivity contribution in [2.75, 3.05) is 24.5 Å². The maximum atomic E-state index is 5.69. The van der Waals surface area contributed by atoms with Gasteiger partial charge in [0, 0.05) is 24.7 Å². The van der Waals surface area contributed by atoms with Crippen molar-refractivity contribution in [3.05, 3.63) is 29.8 Å². The van der Waals surface area contributed by atoms with Crippen LogP contribution in [0.5, 0.6) is 0 Å². The fourth-order valence-corrected chi connectivity index (χ4v) is 2.65. The van der Waals surface area contributed by atoms with Crippen LogP contribution >= 0.6 is 0 Å². The Labute approximate surface area is 98.4 Å². The summed E-state index contributed by atoms with van der Waals surface area (Å²) < 4.78 is 0. The molecular formula is C14H22N2. The molecule has 2 nitrogen and oxygen atoms in total. The maximum absolute atomic E-state index is 5.69. The third kappa shape index (κ3) is 2.22. The van der Waals surface area contributed by atoms with Crippen LogP contribution in [0.15, 0.2) is 24.3 Å². The highest BCUT2D eigenvalue weighted by molar-refractivity contribution is 5.60. The third-order valence-electron chi connectivity index (χ3n) is 3.26. The highest BCUT2D eigenvalue weighted by atomic mass is 15.2. The quantitative estimate of drug-likeness (QED) is 0.841. The number of hydrogen-bond acceptors (Lipinski definition) is 2. The van der Waals surface area contributed by atoms with E-state index in [-0.39, 0.29) is 0 Å². The fraction of sp³-hybridized carbons (Fsp3) is 0.571. The van der Waals surface area contributed by atoms with E-state index in [1.54, 1.807) is 0 Å². The topological polar surface area (TPSA) is 29.3 Å². The molecule has 1 aliphatic heterocycles. The zero-order valence-corrected chi connectivity index (χ0v) is 10.3. The number of nitrogens with two attached hydrogens (primary N) is 1. The summed E-state index contributed by atoms with van der Waals surface area (Å²) in [6, 6.07) is 8.78. The number of hydrogen-bond donors (Lipinski definition) is 1. The minimum Gasteiger partial charge on any atom is -0.370 e. The van der Waals surface area contributed by atoms with Gasteiger partial charge in [0.1, 0.15) is 0 Å². The van der Waals surface area contributed by atoms with Crippen LogP contribution in [0.2, 0.25) is 0 Å². The van der Waals surface area contributed by atoms with Crippen molar-refractivity contribution in [3.8, 4) is 0 Å². The average molecular weight is 218 g/mol. The first-order valence-corrected chi connectivity index (χ1v) is 6.26. The minimum absolute atomic E-state index is 0.639. The third-order valence-corrected chi connectivity index (χ3v) is 3.26. The van der Waals surface area contributed by atoms with Gasteiger partial charge in [0.05, 0.1) is 0 Å². The van der Waals surface area contributed by atoms with E-state index in [9.17, 15) is 0 Å². The zero-order chi connectivity index (χ0) is 11.5. The van der Waals surface area contributed by atoms with Gasteiger partial charge in [-0.05, 0) is 30.5 Å². The first-order valence-electron chi connectivity index (χ1n) is 6.26. The van der Waals surface area contributed by atoms with Crippen molar-refractivity contribution in [2.24, 2.45) is 11.7 Å². The van der Waals surface area contributed by atoms with Gasteiger partial charge >= 0.3 is 0 Å². The van der Waals surface area contributed by atoms with E-state index in [0.717, 1.165) is 26.1 Å². The monoisotopic (exact) mass is 218 g/mol. The van der Waals surface area contributed by atoms with E-state index < -0.39 is 0 Å². The summed E-state index contributed by atoms with van der Waals surface area (Å²) in [7, 11) is 0. The van der Waals surface area contributed by atoms with Crippen LogP contribution < -0.4 is 10.6 Å². The average Bonchev–Trinajstić information content (AvgIpc) is 2.58. The minimum atomic E-state index is 0.639. The summed E-state index contributed by atoms with van der Waals surface area (Å²) in [4.78, 5) is 2.51. The Morgan fingerprint density at radius 3 is 2.81 bits per heavy atom. The van der Waals surface area contributed by atoms with Crippen LogP contribution in [0, 0.1) is 5.92 Å². The molecule has 0 aromatic heterocycles. The fourth-order valence-electron chi connectivity index (χ4n) is 2.65. The summed E-state index contributed by atoms with van der Waals surface area (Å²) in [6.07, 6.45) is 1.10. The molecule has 0 saturated heterocycles. The maximum Gasteiger partial charge on any atom is 0.0402 e. The number of anilines is 1. The molecule has 2 rings (SSSR count). The van der Waals surface area contributed by atoms with E-state index in [1.807, 2.05) is 0 Å². The Balaban J connectivity index is 2.21. The Kier molecular flexibility index (Phi) is 3.49. The molecule has 0 radical (unpaired) electrons. The zero-order valence-electron chi connectivity index (χ0n) is 10.3. The first-order chi connectivity index (χ1) is 7.72. The molecule has 2 heteroatoms. The Morgan fingerprint density at radius 2 is 2.12 bits per heavy atom. The number of nitrogens with zero attached hydrogens (tertiary/aromatic N) is 1. The van der Waals surface area contributed by atoms with Crippen LogP contribution in [0.4, 0.5) is 5.69 Å². The molecule has 1 unspecified atom stereocenters. The van der Waals surface area contributed by atoms with E-state index in [1.165, 1.54) is 11.3 Å². The molecule has 1 heterocycles. The Morgan fingerprint density at radius 1 is 1.38 bits per heavy atom. The lowest BCUT2D eigenvalue weighted by molar-refractivity contribution is 0.585. The van der Waals surface area contributed by atoms with Crippen molar-refractivity contribution < 1.29 is 0 Å². The van der Waals surface area contributed by atoms with Gasteiger partial charge in [0.15, 0.2) is 0 Å². The Hall–Kier alpha value is -1.02. The van der Waals surface area contributed by atoms with E-state index >= 15 is 0 Å². The van der Waals surface area contributed by atoms with E-state index in [0.29, 0.717) is 11.8 Å². The molecule has 0 saturated carbocycles. The standard InChI is InChI=1S/C14H22N2/c1-11(2)9-16-10-12(7-8-15)13-5-3-4-6-14(13)16/h3-6,11-12H,7-10,15H2,1-2H3. The molecule has 88 valence electrons. The highest BCUT2D eigenvalue weighted by Gasteiger charge is 2.27. The molecule has 1 aromatic rings. The molecule has 2 N–H and O–H groups in total. The second-order valence-corrected chi connectivity index (χ2v) is 5.13. The van der Waals surface area contributed by atoms with Gasteiger partial charge in [0.25, 0.3) is 0 Å². The number of para-hydroxylation sites is 1. The molecule has 0 amide bonds. The molecule has 1 aliphatic rings. The van der Waals surface area contributed by atoms with Gasteiger partial charge < -0.3 is 10.6 Å².